The molecule has 3 atom stereocenters. The van der Waals surface area contributed by atoms with E-state index in [1.54, 1.807) is 0 Å². The fourth-order valence-corrected chi connectivity index (χ4v) is 3.38. The van der Waals surface area contributed by atoms with E-state index in [9.17, 15) is 0 Å². The van der Waals surface area contributed by atoms with E-state index >= 15 is 0 Å². The van der Waals surface area contributed by atoms with E-state index < -0.39 is 0 Å². The lowest BCUT2D eigenvalue weighted by Crippen LogP contribution is -2.41. The van der Waals surface area contributed by atoms with Gasteiger partial charge in [0.2, 0.25) is 0 Å². The Labute approximate surface area is 127 Å². The second-order valence-corrected chi connectivity index (χ2v) is 5.98. The normalized spacial score (nSPS) is 24.7. The summed E-state index contributed by atoms with van der Waals surface area (Å²) in [7, 11) is 0. The van der Waals surface area contributed by atoms with E-state index in [0.29, 0.717) is 12.5 Å². The fourth-order valence-electron chi connectivity index (χ4n) is 3.38. The Morgan fingerprint density at radius 3 is 2.71 bits per heavy atom. The second kappa shape index (κ2) is 8.03. The monoisotopic (exact) mass is 289 g/mol. The highest BCUT2D eigenvalue weighted by atomic mass is 16.4. The van der Waals surface area contributed by atoms with Gasteiger partial charge in [0.15, 0.2) is 0 Å². The van der Waals surface area contributed by atoms with Crippen LogP contribution in [0.25, 0.3) is 0 Å². The third-order valence-electron chi connectivity index (χ3n) is 4.59. The van der Waals surface area contributed by atoms with Gasteiger partial charge in [-0.3, -0.25) is 0 Å². The average molecular weight is 289 g/mol. The number of oxime groups is 1. The van der Waals surface area contributed by atoms with Crippen LogP contribution in [0.2, 0.25) is 0 Å². The minimum atomic E-state index is 0.110. The van der Waals surface area contributed by atoms with Crippen LogP contribution in [0, 0.1) is 5.92 Å². The van der Waals surface area contributed by atoms with Gasteiger partial charge in [-0.1, -0.05) is 61.7 Å². The van der Waals surface area contributed by atoms with Crippen LogP contribution in [0.3, 0.4) is 0 Å². The molecule has 1 fully saturated rings. The number of benzene rings is 1. The number of hydrogen-bond acceptors (Lipinski definition) is 3. The first-order chi connectivity index (χ1) is 10.2. The van der Waals surface area contributed by atoms with Gasteiger partial charge in [0.25, 0.3) is 0 Å². The molecule has 3 unspecified atom stereocenters. The Hall–Kier alpha value is -1.55. The van der Waals surface area contributed by atoms with Crippen LogP contribution in [0.5, 0.6) is 0 Å². The smallest absolute Gasteiger partial charge is 0.141 e. The average Bonchev–Trinajstić information content (AvgIpc) is 2.55. The van der Waals surface area contributed by atoms with Crippen molar-refractivity contribution >= 4 is 5.84 Å². The summed E-state index contributed by atoms with van der Waals surface area (Å²) in [5.41, 5.74) is 6.94. The molecule has 4 N–H and O–H groups in total. The first-order valence-corrected chi connectivity index (χ1v) is 8.02. The van der Waals surface area contributed by atoms with Crippen molar-refractivity contribution in [2.45, 2.75) is 57.5 Å². The summed E-state index contributed by atoms with van der Waals surface area (Å²) in [6.45, 7) is 2.27. The van der Waals surface area contributed by atoms with E-state index in [1.165, 1.54) is 37.7 Å². The summed E-state index contributed by atoms with van der Waals surface area (Å²) in [6, 6.07) is 10.9. The number of hydrogen-bond donors (Lipinski definition) is 3. The maximum absolute atomic E-state index is 8.87. The maximum atomic E-state index is 8.87. The lowest BCUT2D eigenvalue weighted by atomic mass is 9.82. The first kappa shape index (κ1) is 15.8. The summed E-state index contributed by atoms with van der Waals surface area (Å²) in [5, 5.41) is 15.8. The largest absolute Gasteiger partial charge is 0.409 e. The van der Waals surface area contributed by atoms with Crippen LogP contribution in [-0.4, -0.2) is 17.1 Å². The molecule has 0 spiro atoms. The summed E-state index contributed by atoms with van der Waals surface area (Å²) < 4.78 is 0. The second-order valence-electron chi connectivity index (χ2n) is 5.98. The Morgan fingerprint density at radius 2 is 2.05 bits per heavy atom. The molecular weight excluding hydrogens is 262 g/mol. The Balaban J connectivity index is 2.11. The zero-order valence-electron chi connectivity index (χ0n) is 12.8. The van der Waals surface area contributed by atoms with Gasteiger partial charge in [0, 0.05) is 18.5 Å². The Morgan fingerprint density at radius 1 is 1.33 bits per heavy atom. The van der Waals surface area contributed by atoms with Gasteiger partial charge in [-0.05, 0) is 24.3 Å². The van der Waals surface area contributed by atoms with Gasteiger partial charge in [0.1, 0.15) is 5.84 Å². The predicted octanol–water partition coefficient (Wildman–Crippen LogP) is 3.42. The topological polar surface area (TPSA) is 70.6 Å². The van der Waals surface area contributed by atoms with Crippen LogP contribution < -0.4 is 11.1 Å². The highest BCUT2D eigenvalue weighted by Gasteiger charge is 2.26. The third kappa shape index (κ3) is 4.46. The molecule has 1 aromatic carbocycles. The SMILES string of the molecule is CCC1CCCCC1NC(CC(N)=NO)c1ccccc1. The molecule has 0 amide bonds. The third-order valence-corrected chi connectivity index (χ3v) is 4.59. The van der Waals surface area contributed by atoms with Gasteiger partial charge in [-0.15, -0.1) is 0 Å². The summed E-state index contributed by atoms with van der Waals surface area (Å²) in [5.74, 6) is 1.01. The molecule has 116 valence electrons. The van der Waals surface area contributed by atoms with E-state index in [-0.39, 0.29) is 11.9 Å². The molecule has 21 heavy (non-hydrogen) atoms. The fraction of sp³-hybridized carbons (Fsp3) is 0.588. The van der Waals surface area contributed by atoms with Crippen LogP contribution in [-0.2, 0) is 0 Å². The molecule has 0 aromatic heterocycles. The van der Waals surface area contributed by atoms with E-state index in [0.717, 1.165) is 5.92 Å². The van der Waals surface area contributed by atoms with Crippen molar-refractivity contribution in [1.82, 2.24) is 5.32 Å². The van der Waals surface area contributed by atoms with Crippen LogP contribution in [0.15, 0.2) is 35.5 Å². The Bertz CT molecular complexity index is 447. The molecule has 4 nitrogen and oxygen atoms in total. The molecule has 0 radical (unpaired) electrons. The molecule has 1 aromatic rings. The minimum Gasteiger partial charge on any atom is -0.409 e. The van der Waals surface area contributed by atoms with Crippen LogP contribution in [0.4, 0.5) is 0 Å². The molecule has 0 saturated heterocycles. The highest BCUT2D eigenvalue weighted by molar-refractivity contribution is 5.80. The maximum Gasteiger partial charge on any atom is 0.141 e. The van der Waals surface area contributed by atoms with E-state index in [2.05, 4.69) is 29.5 Å². The lowest BCUT2D eigenvalue weighted by Gasteiger charge is -2.35. The van der Waals surface area contributed by atoms with Gasteiger partial charge in [0.05, 0.1) is 0 Å². The van der Waals surface area contributed by atoms with Crippen molar-refractivity contribution in [3.63, 3.8) is 0 Å². The van der Waals surface area contributed by atoms with Crippen molar-refractivity contribution in [3.05, 3.63) is 35.9 Å². The number of nitrogens with two attached hydrogens (primary N) is 1. The quantitative estimate of drug-likeness (QED) is 0.325. The standard InChI is InChI=1S/C17H27N3O/c1-2-13-8-6-7-11-15(13)19-16(12-17(18)20-21)14-9-4-3-5-10-14/h3-5,9-10,13,15-16,19,21H,2,6-8,11-12H2,1H3,(H2,18,20). The van der Waals surface area contributed by atoms with Crippen molar-refractivity contribution in [2.75, 3.05) is 0 Å². The molecule has 0 aliphatic heterocycles. The van der Waals surface area contributed by atoms with Gasteiger partial charge < -0.3 is 16.3 Å². The van der Waals surface area contributed by atoms with Crippen molar-refractivity contribution in [2.24, 2.45) is 16.8 Å². The molecule has 2 rings (SSSR count). The predicted molar refractivity (Wildman–Crippen MR) is 86.4 cm³/mol. The minimum absolute atomic E-state index is 0.110. The van der Waals surface area contributed by atoms with E-state index in [1.807, 2.05) is 18.2 Å². The molecule has 1 aliphatic carbocycles. The van der Waals surface area contributed by atoms with Gasteiger partial charge >= 0.3 is 0 Å². The molecule has 1 aliphatic rings. The molecule has 0 heterocycles. The van der Waals surface area contributed by atoms with Crippen molar-refractivity contribution < 1.29 is 5.21 Å². The molecular formula is C17H27N3O. The van der Waals surface area contributed by atoms with Crippen molar-refractivity contribution in [3.8, 4) is 0 Å². The summed E-state index contributed by atoms with van der Waals surface area (Å²) in [6.07, 6.45) is 6.90. The van der Waals surface area contributed by atoms with Crippen molar-refractivity contribution in [1.29, 1.82) is 0 Å². The number of rotatable bonds is 6. The first-order valence-electron chi connectivity index (χ1n) is 8.02. The summed E-state index contributed by atoms with van der Waals surface area (Å²) >= 11 is 0. The van der Waals surface area contributed by atoms with Crippen LogP contribution >= 0.6 is 0 Å². The summed E-state index contributed by atoms with van der Waals surface area (Å²) in [4.78, 5) is 0. The number of nitrogens with zero attached hydrogens (tertiary/aromatic N) is 1. The lowest BCUT2D eigenvalue weighted by molar-refractivity contribution is 0.237. The number of amidine groups is 1. The van der Waals surface area contributed by atoms with Gasteiger partial charge in [-0.2, -0.15) is 0 Å². The zero-order chi connectivity index (χ0) is 15.1. The van der Waals surface area contributed by atoms with Crippen LogP contribution in [0.1, 0.15) is 57.1 Å². The molecule has 4 heteroatoms. The highest BCUT2D eigenvalue weighted by Crippen LogP contribution is 2.29. The molecule has 0 bridgehead atoms. The van der Waals surface area contributed by atoms with Gasteiger partial charge in [-0.25, -0.2) is 0 Å². The zero-order valence-corrected chi connectivity index (χ0v) is 12.8. The van der Waals surface area contributed by atoms with E-state index in [4.69, 9.17) is 10.9 Å². The molecule has 1 saturated carbocycles. The Kier molecular flexibility index (Phi) is 6.05. The number of nitrogens with one attached hydrogen (secondary N) is 1.